The molecule has 1 atom stereocenters. The van der Waals surface area contributed by atoms with Crippen LogP contribution in [0.1, 0.15) is 12.5 Å². The summed E-state index contributed by atoms with van der Waals surface area (Å²) < 4.78 is 5.76. The highest BCUT2D eigenvalue weighted by Crippen LogP contribution is 2.15. The standard InChI is InChI=1S/C22H26N4O2/c1-18(22(27)24-21-10-6-5-7-19(21)17-23)26-13-11-25(12-14-26)15-16-28-20-8-3-2-4-9-20/h2-10,18H,11-16H2,1H3,(H,24,27)/t18-/m0/s1. The third-order valence-corrected chi connectivity index (χ3v) is 5.06. The number of piperazine rings is 1. The summed E-state index contributed by atoms with van der Waals surface area (Å²) >= 11 is 0. The summed E-state index contributed by atoms with van der Waals surface area (Å²) in [4.78, 5) is 17.1. The second-order valence-corrected chi connectivity index (χ2v) is 6.86. The van der Waals surface area contributed by atoms with Gasteiger partial charge in [0, 0.05) is 32.7 Å². The van der Waals surface area contributed by atoms with Crippen LogP contribution in [0.4, 0.5) is 5.69 Å². The topological polar surface area (TPSA) is 68.6 Å². The molecule has 0 saturated carbocycles. The van der Waals surface area contributed by atoms with Crippen molar-refractivity contribution in [1.29, 1.82) is 5.26 Å². The van der Waals surface area contributed by atoms with Gasteiger partial charge in [0.15, 0.2) is 0 Å². The summed E-state index contributed by atoms with van der Waals surface area (Å²) in [6.45, 7) is 6.93. The fourth-order valence-corrected chi connectivity index (χ4v) is 3.28. The zero-order valence-corrected chi connectivity index (χ0v) is 16.2. The van der Waals surface area contributed by atoms with Crippen LogP contribution in [0.5, 0.6) is 5.75 Å². The van der Waals surface area contributed by atoms with Crippen LogP contribution in [0.15, 0.2) is 54.6 Å². The molecule has 3 rings (SSSR count). The monoisotopic (exact) mass is 378 g/mol. The minimum absolute atomic E-state index is 0.0800. The molecule has 146 valence electrons. The van der Waals surface area contributed by atoms with E-state index in [4.69, 9.17) is 10.00 Å². The molecule has 0 aromatic heterocycles. The maximum Gasteiger partial charge on any atom is 0.241 e. The molecule has 0 aliphatic carbocycles. The van der Waals surface area contributed by atoms with E-state index in [2.05, 4.69) is 21.2 Å². The summed E-state index contributed by atoms with van der Waals surface area (Å²) in [7, 11) is 0. The first-order valence-electron chi connectivity index (χ1n) is 9.61. The van der Waals surface area contributed by atoms with Gasteiger partial charge in [0.05, 0.1) is 17.3 Å². The van der Waals surface area contributed by atoms with Crippen LogP contribution in [0.25, 0.3) is 0 Å². The molecule has 1 aliphatic heterocycles. The minimum Gasteiger partial charge on any atom is -0.492 e. The molecule has 2 aromatic carbocycles. The molecular weight excluding hydrogens is 352 g/mol. The predicted octanol–water partition coefficient (Wildman–Crippen LogP) is 2.58. The van der Waals surface area contributed by atoms with Gasteiger partial charge in [0.1, 0.15) is 18.4 Å². The highest BCUT2D eigenvalue weighted by atomic mass is 16.5. The Kier molecular flexibility index (Phi) is 7.01. The van der Waals surface area contributed by atoms with E-state index in [1.54, 1.807) is 18.2 Å². The second-order valence-electron chi connectivity index (χ2n) is 6.86. The highest BCUT2D eigenvalue weighted by Gasteiger charge is 2.25. The summed E-state index contributed by atoms with van der Waals surface area (Å²) in [5.41, 5.74) is 1.05. The number of nitrogens with one attached hydrogen (secondary N) is 1. The number of carbonyl (C=O) groups is 1. The van der Waals surface area contributed by atoms with Gasteiger partial charge in [-0.3, -0.25) is 14.6 Å². The zero-order valence-electron chi connectivity index (χ0n) is 16.2. The van der Waals surface area contributed by atoms with E-state index in [-0.39, 0.29) is 11.9 Å². The predicted molar refractivity (Wildman–Crippen MR) is 109 cm³/mol. The molecule has 28 heavy (non-hydrogen) atoms. The molecular formula is C22H26N4O2. The third-order valence-electron chi connectivity index (χ3n) is 5.06. The lowest BCUT2D eigenvalue weighted by Gasteiger charge is -2.37. The lowest BCUT2D eigenvalue weighted by atomic mass is 10.1. The Morgan fingerprint density at radius 3 is 2.50 bits per heavy atom. The fraction of sp³-hybridized carbons (Fsp3) is 0.364. The summed E-state index contributed by atoms with van der Waals surface area (Å²) in [6.07, 6.45) is 0. The molecule has 2 aromatic rings. The molecule has 1 heterocycles. The van der Waals surface area contributed by atoms with Crippen molar-refractivity contribution in [2.45, 2.75) is 13.0 Å². The first kappa shape index (κ1) is 19.9. The molecule has 0 bridgehead atoms. The van der Waals surface area contributed by atoms with E-state index in [0.717, 1.165) is 38.5 Å². The Hall–Kier alpha value is -2.88. The van der Waals surface area contributed by atoms with E-state index >= 15 is 0 Å². The quantitative estimate of drug-likeness (QED) is 0.802. The number of hydrogen-bond donors (Lipinski definition) is 1. The zero-order chi connectivity index (χ0) is 19.8. The number of hydrogen-bond acceptors (Lipinski definition) is 5. The number of ether oxygens (including phenoxy) is 1. The summed E-state index contributed by atoms with van der Waals surface area (Å²) in [5, 5.41) is 12.0. The molecule has 1 amide bonds. The van der Waals surface area contributed by atoms with Crippen LogP contribution in [0, 0.1) is 11.3 Å². The van der Waals surface area contributed by atoms with Gasteiger partial charge in [-0.15, -0.1) is 0 Å². The Balaban J connectivity index is 1.42. The van der Waals surface area contributed by atoms with Gasteiger partial charge in [0.25, 0.3) is 0 Å². The molecule has 6 heteroatoms. The molecule has 1 fully saturated rings. The number of rotatable bonds is 7. The lowest BCUT2D eigenvalue weighted by molar-refractivity contribution is -0.121. The Morgan fingerprint density at radius 2 is 1.79 bits per heavy atom. The van der Waals surface area contributed by atoms with Crippen molar-refractivity contribution in [1.82, 2.24) is 9.80 Å². The normalized spacial score (nSPS) is 16.1. The number of nitrogens with zero attached hydrogens (tertiary/aromatic N) is 3. The van der Waals surface area contributed by atoms with Crippen molar-refractivity contribution in [3.63, 3.8) is 0 Å². The number of carbonyl (C=O) groups excluding carboxylic acids is 1. The highest BCUT2D eigenvalue weighted by molar-refractivity contribution is 5.95. The second kappa shape index (κ2) is 9.88. The SMILES string of the molecule is C[C@@H](C(=O)Nc1ccccc1C#N)N1CCN(CCOc2ccccc2)CC1. The number of anilines is 1. The first-order chi connectivity index (χ1) is 13.7. The molecule has 1 saturated heterocycles. The van der Waals surface area contributed by atoms with Gasteiger partial charge in [-0.1, -0.05) is 30.3 Å². The lowest BCUT2D eigenvalue weighted by Crippen LogP contribution is -2.53. The summed E-state index contributed by atoms with van der Waals surface area (Å²) in [6, 6.07) is 18.8. The van der Waals surface area contributed by atoms with Crippen molar-refractivity contribution in [3.05, 3.63) is 60.2 Å². The fourth-order valence-electron chi connectivity index (χ4n) is 3.28. The van der Waals surface area contributed by atoms with Gasteiger partial charge in [-0.05, 0) is 31.2 Å². The molecule has 0 radical (unpaired) electrons. The van der Waals surface area contributed by atoms with Crippen LogP contribution in [-0.4, -0.2) is 61.1 Å². The van der Waals surface area contributed by atoms with Crippen LogP contribution in [0.2, 0.25) is 0 Å². The maximum atomic E-state index is 12.6. The minimum atomic E-state index is -0.241. The van der Waals surface area contributed by atoms with Crippen LogP contribution < -0.4 is 10.1 Å². The number of para-hydroxylation sites is 2. The van der Waals surface area contributed by atoms with E-state index in [1.165, 1.54) is 0 Å². The van der Waals surface area contributed by atoms with E-state index in [1.807, 2.05) is 43.3 Å². The van der Waals surface area contributed by atoms with Crippen LogP contribution in [0.3, 0.4) is 0 Å². The molecule has 1 aliphatic rings. The van der Waals surface area contributed by atoms with Crippen LogP contribution >= 0.6 is 0 Å². The van der Waals surface area contributed by atoms with Gasteiger partial charge in [0.2, 0.25) is 5.91 Å². The third kappa shape index (κ3) is 5.32. The Morgan fingerprint density at radius 1 is 1.11 bits per heavy atom. The van der Waals surface area contributed by atoms with Crippen molar-refractivity contribution in [2.75, 3.05) is 44.6 Å². The van der Waals surface area contributed by atoms with E-state index in [9.17, 15) is 4.79 Å². The molecule has 1 N–H and O–H groups in total. The number of amides is 1. The van der Waals surface area contributed by atoms with Gasteiger partial charge in [-0.2, -0.15) is 5.26 Å². The molecule has 6 nitrogen and oxygen atoms in total. The van der Waals surface area contributed by atoms with Gasteiger partial charge in [-0.25, -0.2) is 0 Å². The van der Waals surface area contributed by atoms with Crippen molar-refractivity contribution in [3.8, 4) is 11.8 Å². The average molecular weight is 378 g/mol. The average Bonchev–Trinajstić information content (AvgIpc) is 2.75. The van der Waals surface area contributed by atoms with Gasteiger partial charge >= 0.3 is 0 Å². The van der Waals surface area contributed by atoms with Crippen molar-refractivity contribution < 1.29 is 9.53 Å². The Bertz CT molecular complexity index is 811. The first-order valence-corrected chi connectivity index (χ1v) is 9.61. The number of nitriles is 1. The number of benzene rings is 2. The van der Waals surface area contributed by atoms with E-state index in [0.29, 0.717) is 17.9 Å². The van der Waals surface area contributed by atoms with Crippen LogP contribution in [-0.2, 0) is 4.79 Å². The maximum absolute atomic E-state index is 12.6. The van der Waals surface area contributed by atoms with E-state index < -0.39 is 0 Å². The van der Waals surface area contributed by atoms with Crippen molar-refractivity contribution in [2.24, 2.45) is 0 Å². The molecule has 0 spiro atoms. The Labute approximate surface area is 166 Å². The summed E-state index contributed by atoms with van der Waals surface area (Å²) in [5.74, 6) is 0.813. The van der Waals surface area contributed by atoms with Gasteiger partial charge < -0.3 is 10.1 Å². The van der Waals surface area contributed by atoms with Crippen molar-refractivity contribution >= 4 is 11.6 Å². The smallest absolute Gasteiger partial charge is 0.241 e. The molecule has 0 unspecified atom stereocenters. The largest absolute Gasteiger partial charge is 0.492 e.